The molecule has 0 spiro atoms. The maximum absolute atomic E-state index is 4.45. The number of aliphatic imine (C=N–C) groups is 1. The number of rotatable bonds is 6. The van der Waals surface area contributed by atoms with E-state index in [1.165, 1.54) is 11.1 Å². The van der Waals surface area contributed by atoms with Crippen molar-refractivity contribution in [1.82, 2.24) is 20.6 Å². The Morgan fingerprint density at radius 1 is 1.11 bits per heavy atom. The first-order valence-corrected chi connectivity index (χ1v) is 9.26. The number of aryl methyl sites for hydroxylation is 1. The van der Waals surface area contributed by atoms with Crippen molar-refractivity contribution in [2.45, 2.75) is 26.3 Å². The summed E-state index contributed by atoms with van der Waals surface area (Å²) in [6.45, 7) is 5.74. The molecule has 1 heterocycles. The summed E-state index contributed by atoms with van der Waals surface area (Å²) in [5.74, 6) is 2.05. The van der Waals surface area contributed by atoms with Crippen LogP contribution < -0.4 is 10.6 Å². The fourth-order valence-corrected chi connectivity index (χ4v) is 2.95. The van der Waals surface area contributed by atoms with Crippen molar-refractivity contribution in [2.24, 2.45) is 4.99 Å². The van der Waals surface area contributed by atoms with Crippen LogP contribution in [0.2, 0.25) is 0 Å². The van der Waals surface area contributed by atoms with Crippen LogP contribution in [0.4, 0.5) is 0 Å². The predicted octanol–water partition coefficient (Wildman–Crippen LogP) is 4.47. The molecule has 1 unspecified atom stereocenters. The fourth-order valence-electron chi connectivity index (χ4n) is 2.95. The minimum Gasteiger partial charge on any atom is -0.356 e. The molecule has 0 fully saturated rings. The Hall–Kier alpha value is -2.35. The first-order valence-electron chi connectivity index (χ1n) is 9.26. The second-order valence-corrected chi connectivity index (χ2v) is 6.73. The van der Waals surface area contributed by atoms with Crippen LogP contribution in [0.3, 0.4) is 0 Å². The third-order valence-electron chi connectivity index (χ3n) is 4.55. The second-order valence-electron chi connectivity index (χ2n) is 6.73. The lowest BCUT2D eigenvalue weighted by atomic mass is 9.99. The Balaban J connectivity index is 0.00000280. The molecule has 0 aliphatic heterocycles. The zero-order chi connectivity index (χ0) is 19.1. The number of H-pyrrole nitrogens is 1. The molecule has 0 bridgehead atoms. The van der Waals surface area contributed by atoms with E-state index in [4.69, 9.17) is 0 Å². The van der Waals surface area contributed by atoms with Gasteiger partial charge in [0.1, 0.15) is 5.82 Å². The summed E-state index contributed by atoms with van der Waals surface area (Å²) in [5, 5.41) is 6.71. The Morgan fingerprint density at radius 2 is 1.89 bits per heavy atom. The molecule has 1 aromatic heterocycles. The van der Waals surface area contributed by atoms with Crippen molar-refractivity contribution >= 4 is 29.9 Å². The third kappa shape index (κ3) is 6.09. The Bertz CT molecular complexity index is 889. The summed E-state index contributed by atoms with van der Waals surface area (Å²) >= 11 is 0. The van der Waals surface area contributed by atoms with E-state index < -0.39 is 0 Å². The average molecular weight is 489 g/mol. The van der Waals surface area contributed by atoms with Crippen molar-refractivity contribution in [1.29, 1.82) is 0 Å². The van der Waals surface area contributed by atoms with Gasteiger partial charge in [0.05, 0.1) is 18.4 Å². The van der Waals surface area contributed by atoms with Gasteiger partial charge in [-0.25, -0.2) is 4.98 Å². The largest absolute Gasteiger partial charge is 0.356 e. The van der Waals surface area contributed by atoms with Crippen LogP contribution in [0.25, 0.3) is 11.3 Å². The molecule has 3 N–H and O–H groups in total. The van der Waals surface area contributed by atoms with Crippen molar-refractivity contribution in [2.75, 3.05) is 13.6 Å². The molecule has 0 radical (unpaired) electrons. The van der Waals surface area contributed by atoms with Gasteiger partial charge in [-0.2, -0.15) is 0 Å². The van der Waals surface area contributed by atoms with Gasteiger partial charge in [0.2, 0.25) is 0 Å². The normalized spacial score (nSPS) is 12.2. The van der Waals surface area contributed by atoms with Gasteiger partial charge < -0.3 is 15.6 Å². The summed E-state index contributed by atoms with van der Waals surface area (Å²) in [4.78, 5) is 12.1. The van der Waals surface area contributed by atoms with Gasteiger partial charge in [0.25, 0.3) is 0 Å². The molecule has 28 heavy (non-hydrogen) atoms. The van der Waals surface area contributed by atoms with Crippen molar-refractivity contribution in [3.8, 4) is 11.3 Å². The van der Waals surface area contributed by atoms with E-state index in [2.05, 4.69) is 75.8 Å². The van der Waals surface area contributed by atoms with E-state index in [9.17, 15) is 0 Å². The number of benzene rings is 2. The summed E-state index contributed by atoms with van der Waals surface area (Å²) in [6, 6.07) is 18.8. The molecule has 0 saturated carbocycles. The smallest absolute Gasteiger partial charge is 0.191 e. The maximum Gasteiger partial charge on any atom is 0.191 e. The molecule has 0 aliphatic rings. The molecular weight excluding hydrogens is 461 g/mol. The number of nitrogens with zero attached hydrogens (tertiary/aromatic N) is 2. The molecule has 148 valence electrons. The minimum atomic E-state index is 0. The van der Waals surface area contributed by atoms with Gasteiger partial charge in [-0.3, -0.25) is 4.99 Å². The monoisotopic (exact) mass is 489 g/mol. The fraction of sp³-hybridized carbons (Fsp3) is 0.273. The minimum absolute atomic E-state index is 0. The SMILES string of the molecule is CN=C(NCc1ncc(-c2ccccc2)[nH]1)NCC(C)c1cccc(C)c1.I. The van der Waals surface area contributed by atoms with E-state index >= 15 is 0 Å². The lowest BCUT2D eigenvalue weighted by Crippen LogP contribution is -2.38. The molecule has 6 heteroatoms. The number of guanidine groups is 1. The second kappa shape index (κ2) is 10.8. The van der Waals surface area contributed by atoms with Crippen LogP contribution in [0.1, 0.15) is 29.8 Å². The zero-order valence-electron chi connectivity index (χ0n) is 16.6. The number of halogens is 1. The van der Waals surface area contributed by atoms with Crippen molar-refractivity contribution < 1.29 is 0 Å². The van der Waals surface area contributed by atoms with Crippen LogP contribution in [0.5, 0.6) is 0 Å². The van der Waals surface area contributed by atoms with Gasteiger partial charge in [-0.15, -0.1) is 24.0 Å². The molecule has 0 amide bonds. The summed E-state index contributed by atoms with van der Waals surface area (Å²) in [7, 11) is 1.78. The average Bonchev–Trinajstić information content (AvgIpc) is 3.17. The highest BCUT2D eigenvalue weighted by Gasteiger charge is 2.08. The quantitative estimate of drug-likeness (QED) is 0.272. The van der Waals surface area contributed by atoms with Gasteiger partial charge in [0.15, 0.2) is 5.96 Å². The van der Waals surface area contributed by atoms with E-state index in [0.29, 0.717) is 12.5 Å². The topological polar surface area (TPSA) is 65.1 Å². The Morgan fingerprint density at radius 3 is 2.61 bits per heavy atom. The summed E-state index contributed by atoms with van der Waals surface area (Å²) in [5.41, 5.74) is 4.76. The number of hydrogen-bond acceptors (Lipinski definition) is 2. The van der Waals surface area contributed by atoms with Gasteiger partial charge in [-0.05, 0) is 24.0 Å². The summed E-state index contributed by atoms with van der Waals surface area (Å²) < 4.78 is 0. The number of hydrogen-bond donors (Lipinski definition) is 3. The first kappa shape index (κ1) is 21.9. The van der Waals surface area contributed by atoms with Crippen LogP contribution in [-0.2, 0) is 6.54 Å². The Kier molecular flexibility index (Phi) is 8.50. The lowest BCUT2D eigenvalue weighted by Gasteiger charge is -2.16. The predicted molar refractivity (Wildman–Crippen MR) is 127 cm³/mol. The molecule has 0 aliphatic carbocycles. The highest BCUT2D eigenvalue weighted by atomic mass is 127. The molecular formula is C22H28IN5. The molecule has 1 atom stereocenters. The summed E-state index contributed by atoms with van der Waals surface area (Å²) in [6.07, 6.45) is 1.86. The van der Waals surface area contributed by atoms with Crippen molar-refractivity contribution in [3.63, 3.8) is 0 Å². The van der Waals surface area contributed by atoms with Crippen molar-refractivity contribution in [3.05, 3.63) is 77.7 Å². The highest BCUT2D eigenvalue weighted by Crippen LogP contribution is 2.16. The van der Waals surface area contributed by atoms with Crippen LogP contribution in [0.15, 0.2) is 65.8 Å². The van der Waals surface area contributed by atoms with Crippen LogP contribution in [-0.4, -0.2) is 29.5 Å². The van der Waals surface area contributed by atoms with E-state index in [1.807, 2.05) is 24.4 Å². The van der Waals surface area contributed by atoms with E-state index in [1.54, 1.807) is 7.05 Å². The molecule has 3 rings (SSSR count). The Labute approximate surface area is 184 Å². The lowest BCUT2D eigenvalue weighted by molar-refractivity contribution is 0.694. The number of imidazole rings is 1. The first-order chi connectivity index (χ1) is 13.2. The molecule has 5 nitrogen and oxygen atoms in total. The molecule has 2 aromatic carbocycles. The zero-order valence-corrected chi connectivity index (χ0v) is 18.9. The van der Waals surface area contributed by atoms with Crippen LogP contribution in [0, 0.1) is 6.92 Å². The number of aromatic amines is 1. The molecule has 0 saturated heterocycles. The number of nitrogens with one attached hydrogen (secondary N) is 3. The van der Waals surface area contributed by atoms with Crippen LogP contribution >= 0.6 is 24.0 Å². The van der Waals surface area contributed by atoms with E-state index in [0.717, 1.165) is 29.6 Å². The maximum atomic E-state index is 4.45. The standard InChI is InChI=1S/C22H27N5.HI/c1-16-8-7-11-19(12-16)17(2)13-25-22(23-3)26-15-21-24-14-20(27-21)18-9-5-4-6-10-18;/h4-12,14,17H,13,15H2,1-3H3,(H,24,27)(H2,23,25,26);1H. The van der Waals surface area contributed by atoms with E-state index in [-0.39, 0.29) is 24.0 Å². The van der Waals surface area contributed by atoms with Gasteiger partial charge in [-0.1, -0.05) is 67.1 Å². The third-order valence-corrected chi connectivity index (χ3v) is 4.55. The highest BCUT2D eigenvalue weighted by molar-refractivity contribution is 14.0. The number of aromatic nitrogens is 2. The van der Waals surface area contributed by atoms with Gasteiger partial charge >= 0.3 is 0 Å². The van der Waals surface area contributed by atoms with Gasteiger partial charge in [0, 0.05) is 13.6 Å². The molecule has 3 aromatic rings.